The Morgan fingerprint density at radius 2 is 1.50 bits per heavy atom. The molecule has 0 heterocycles. The van der Waals surface area contributed by atoms with Gasteiger partial charge in [-0.05, 0) is 32.8 Å². The van der Waals surface area contributed by atoms with E-state index in [1.807, 2.05) is 68.5 Å². The highest BCUT2D eigenvalue weighted by Crippen LogP contribution is 2.19. The van der Waals surface area contributed by atoms with Gasteiger partial charge in [-0.25, -0.2) is 0 Å². The highest BCUT2D eigenvalue weighted by molar-refractivity contribution is 5.55. The maximum atomic E-state index is 5.74. The Balaban J connectivity index is 0.000000444. The molecule has 0 N–H and O–H groups in total. The number of rotatable bonds is 4. The minimum absolute atomic E-state index is 0.589. The molecule has 20 heavy (non-hydrogen) atoms. The van der Waals surface area contributed by atoms with Crippen LogP contribution in [0.2, 0.25) is 0 Å². The van der Waals surface area contributed by atoms with Crippen molar-refractivity contribution in [1.82, 2.24) is 4.90 Å². The molecule has 0 aliphatic rings. The van der Waals surface area contributed by atoms with Gasteiger partial charge in [0.1, 0.15) is 12.4 Å². The molecular weight excluding hydrogens is 246 g/mol. The van der Waals surface area contributed by atoms with Crippen molar-refractivity contribution in [1.29, 1.82) is 0 Å². The third kappa shape index (κ3) is 6.21. The zero-order valence-electron chi connectivity index (χ0n) is 12.5. The van der Waals surface area contributed by atoms with Crippen molar-refractivity contribution in [2.45, 2.75) is 6.61 Å². The second kappa shape index (κ2) is 8.94. The first-order valence-corrected chi connectivity index (χ1v) is 6.62. The quantitative estimate of drug-likeness (QED) is 0.829. The van der Waals surface area contributed by atoms with E-state index in [1.54, 1.807) is 6.08 Å². The van der Waals surface area contributed by atoms with Gasteiger partial charge in [0.15, 0.2) is 0 Å². The fourth-order valence-corrected chi connectivity index (χ4v) is 1.52. The summed E-state index contributed by atoms with van der Waals surface area (Å²) in [6.45, 7) is 4.36. The van der Waals surface area contributed by atoms with Crippen molar-refractivity contribution in [2.24, 2.45) is 0 Å². The van der Waals surface area contributed by atoms with E-state index in [1.165, 1.54) is 5.56 Å². The second-order valence-corrected chi connectivity index (χ2v) is 4.86. The van der Waals surface area contributed by atoms with Gasteiger partial charge in [-0.15, -0.1) is 0 Å². The minimum Gasteiger partial charge on any atom is -0.488 e. The Kier molecular flexibility index (Phi) is 7.15. The van der Waals surface area contributed by atoms with Crippen molar-refractivity contribution in [3.63, 3.8) is 0 Å². The summed E-state index contributed by atoms with van der Waals surface area (Å²) < 4.78 is 5.74. The average Bonchev–Trinajstić information content (AvgIpc) is 2.46. The molecule has 2 rings (SSSR count). The van der Waals surface area contributed by atoms with Crippen molar-refractivity contribution < 1.29 is 4.74 Å². The van der Waals surface area contributed by atoms with Gasteiger partial charge in [0, 0.05) is 5.56 Å². The van der Waals surface area contributed by atoms with Crippen molar-refractivity contribution in [3.8, 4) is 5.75 Å². The summed E-state index contributed by atoms with van der Waals surface area (Å²) in [5, 5.41) is 0. The summed E-state index contributed by atoms with van der Waals surface area (Å²) in [7, 11) is 6.00. The van der Waals surface area contributed by atoms with Crippen molar-refractivity contribution >= 4 is 6.08 Å². The van der Waals surface area contributed by atoms with Crippen LogP contribution in [0.15, 0.2) is 61.2 Å². The molecule has 0 amide bonds. The molecule has 2 nitrogen and oxygen atoms in total. The first-order chi connectivity index (χ1) is 9.63. The number of benzene rings is 2. The molecule has 0 atom stereocenters. The fourth-order valence-electron chi connectivity index (χ4n) is 1.52. The number of para-hydroxylation sites is 1. The van der Waals surface area contributed by atoms with Crippen LogP contribution >= 0.6 is 0 Å². The van der Waals surface area contributed by atoms with Crippen LogP contribution < -0.4 is 4.74 Å². The molecule has 2 aromatic rings. The van der Waals surface area contributed by atoms with Crippen LogP contribution in [0, 0.1) is 0 Å². The van der Waals surface area contributed by atoms with Crippen LogP contribution in [0.3, 0.4) is 0 Å². The van der Waals surface area contributed by atoms with Gasteiger partial charge in [0.2, 0.25) is 0 Å². The lowest BCUT2D eigenvalue weighted by molar-refractivity contribution is 0.305. The highest BCUT2D eigenvalue weighted by Gasteiger charge is 1.99. The third-order valence-corrected chi connectivity index (χ3v) is 2.38. The van der Waals surface area contributed by atoms with Gasteiger partial charge in [-0.3, -0.25) is 0 Å². The van der Waals surface area contributed by atoms with E-state index in [0.717, 1.165) is 11.3 Å². The number of hydrogen-bond acceptors (Lipinski definition) is 2. The van der Waals surface area contributed by atoms with Crippen molar-refractivity contribution in [2.75, 3.05) is 21.1 Å². The van der Waals surface area contributed by atoms with E-state index in [9.17, 15) is 0 Å². The van der Waals surface area contributed by atoms with Crippen LogP contribution in [0.5, 0.6) is 5.75 Å². The normalized spacial score (nSPS) is 9.60. The molecule has 0 unspecified atom stereocenters. The van der Waals surface area contributed by atoms with Crippen LogP contribution in [0.4, 0.5) is 0 Å². The summed E-state index contributed by atoms with van der Waals surface area (Å²) in [6, 6.07) is 18.0. The van der Waals surface area contributed by atoms with Gasteiger partial charge in [-0.1, -0.05) is 61.2 Å². The minimum atomic E-state index is 0.589. The molecule has 0 spiro atoms. The van der Waals surface area contributed by atoms with Gasteiger partial charge in [-0.2, -0.15) is 0 Å². The third-order valence-electron chi connectivity index (χ3n) is 2.38. The Labute approximate surface area is 122 Å². The largest absolute Gasteiger partial charge is 0.488 e. The number of ether oxygens (including phenoxy) is 1. The molecular formula is C18H23NO. The first-order valence-electron chi connectivity index (χ1n) is 6.62. The summed E-state index contributed by atoms with van der Waals surface area (Å²) in [6.07, 6.45) is 1.81. The molecule has 106 valence electrons. The van der Waals surface area contributed by atoms with Crippen molar-refractivity contribution in [3.05, 3.63) is 72.3 Å². The van der Waals surface area contributed by atoms with E-state index in [4.69, 9.17) is 4.74 Å². The molecule has 0 aliphatic carbocycles. The van der Waals surface area contributed by atoms with Crippen LogP contribution in [0.25, 0.3) is 6.08 Å². The Hall–Kier alpha value is -2.06. The summed E-state index contributed by atoms with van der Waals surface area (Å²) in [5.74, 6) is 0.876. The molecule has 0 aromatic heterocycles. The van der Waals surface area contributed by atoms with E-state index in [2.05, 4.69) is 18.7 Å². The zero-order valence-corrected chi connectivity index (χ0v) is 12.5. The number of nitrogens with zero attached hydrogens (tertiary/aromatic N) is 1. The molecule has 0 saturated carbocycles. The Morgan fingerprint density at radius 1 is 0.950 bits per heavy atom. The summed E-state index contributed by atoms with van der Waals surface area (Å²) >= 11 is 0. The van der Waals surface area contributed by atoms with Crippen LogP contribution in [0.1, 0.15) is 11.1 Å². The van der Waals surface area contributed by atoms with Crippen LogP contribution in [-0.2, 0) is 6.61 Å². The SMILES string of the molecule is C=Cc1ccccc1OCc1ccccc1.CN(C)C. The van der Waals surface area contributed by atoms with Gasteiger partial charge in [0.05, 0.1) is 0 Å². The molecule has 0 bridgehead atoms. The molecule has 0 saturated heterocycles. The average molecular weight is 269 g/mol. The molecule has 2 heteroatoms. The molecule has 0 fully saturated rings. The lowest BCUT2D eigenvalue weighted by atomic mass is 10.2. The predicted octanol–water partition coefficient (Wildman–Crippen LogP) is 4.09. The maximum Gasteiger partial charge on any atom is 0.127 e. The number of hydrogen-bond donors (Lipinski definition) is 0. The Morgan fingerprint density at radius 3 is 2.10 bits per heavy atom. The fraction of sp³-hybridized carbons (Fsp3) is 0.222. The van der Waals surface area contributed by atoms with E-state index in [0.29, 0.717) is 6.61 Å². The highest BCUT2D eigenvalue weighted by atomic mass is 16.5. The summed E-state index contributed by atoms with van der Waals surface area (Å²) in [5.41, 5.74) is 2.19. The van der Waals surface area contributed by atoms with E-state index >= 15 is 0 Å². The maximum absolute atomic E-state index is 5.74. The first kappa shape index (κ1) is 16.0. The topological polar surface area (TPSA) is 12.5 Å². The molecule has 0 radical (unpaired) electrons. The monoisotopic (exact) mass is 269 g/mol. The van der Waals surface area contributed by atoms with Crippen LogP contribution in [-0.4, -0.2) is 26.0 Å². The lowest BCUT2D eigenvalue weighted by Crippen LogP contribution is -1.99. The molecule has 2 aromatic carbocycles. The van der Waals surface area contributed by atoms with Gasteiger partial charge in [0.25, 0.3) is 0 Å². The Bertz CT molecular complexity index is 503. The van der Waals surface area contributed by atoms with E-state index < -0.39 is 0 Å². The van der Waals surface area contributed by atoms with Gasteiger partial charge >= 0.3 is 0 Å². The predicted molar refractivity (Wildman–Crippen MR) is 86.9 cm³/mol. The van der Waals surface area contributed by atoms with Gasteiger partial charge < -0.3 is 9.64 Å². The smallest absolute Gasteiger partial charge is 0.127 e. The standard InChI is InChI=1S/C15H14O.C3H9N/c1-2-14-10-6-7-11-15(14)16-12-13-8-4-3-5-9-13;1-4(2)3/h2-11H,1,12H2;1-3H3. The zero-order chi connectivity index (χ0) is 14.8. The van der Waals surface area contributed by atoms with E-state index in [-0.39, 0.29) is 0 Å². The second-order valence-electron chi connectivity index (χ2n) is 4.86. The molecule has 0 aliphatic heterocycles. The lowest BCUT2D eigenvalue weighted by Gasteiger charge is -2.08. The summed E-state index contributed by atoms with van der Waals surface area (Å²) in [4.78, 5) is 2.00.